The molecule has 0 spiro atoms. The third-order valence-electron chi connectivity index (χ3n) is 2.49. The topological polar surface area (TPSA) is 26.0 Å². The molecule has 82 valence electrons. The fourth-order valence-corrected chi connectivity index (χ4v) is 1.57. The number of anilines is 1. The van der Waals surface area contributed by atoms with Gasteiger partial charge in [-0.3, -0.25) is 0 Å². The summed E-state index contributed by atoms with van der Waals surface area (Å²) in [4.78, 5) is 0. The molecule has 3 heteroatoms. The molecule has 2 rings (SSSR count). The Labute approximate surface area is 92.5 Å². The summed E-state index contributed by atoms with van der Waals surface area (Å²) < 4.78 is 26.7. The second-order valence-electron chi connectivity index (χ2n) is 3.70. The van der Waals surface area contributed by atoms with Crippen LogP contribution in [0.1, 0.15) is 5.56 Å². The number of hydrogen-bond donors (Lipinski definition) is 1. The summed E-state index contributed by atoms with van der Waals surface area (Å²) >= 11 is 0. The Morgan fingerprint density at radius 3 is 2.50 bits per heavy atom. The fraction of sp³-hybridized carbons (Fsp3) is 0.0769. The van der Waals surface area contributed by atoms with Crippen molar-refractivity contribution in [3.63, 3.8) is 0 Å². The largest absolute Gasteiger partial charge is 0.398 e. The lowest BCUT2D eigenvalue weighted by Crippen LogP contribution is -1.94. The van der Waals surface area contributed by atoms with E-state index in [2.05, 4.69) is 0 Å². The van der Waals surface area contributed by atoms with Crippen molar-refractivity contribution < 1.29 is 8.78 Å². The van der Waals surface area contributed by atoms with Crippen LogP contribution in [0.15, 0.2) is 36.4 Å². The van der Waals surface area contributed by atoms with Crippen molar-refractivity contribution in [3.8, 4) is 11.1 Å². The van der Waals surface area contributed by atoms with E-state index in [-0.39, 0.29) is 0 Å². The Hall–Kier alpha value is -1.90. The van der Waals surface area contributed by atoms with Gasteiger partial charge in [-0.1, -0.05) is 12.1 Å². The first-order chi connectivity index (χ1) is 7.58. The summed E-state index contributed by atoms with van der Waals surface area (Å²) in [7, 11) is 0. The number of aryl methyl sites for hydroxylation is 1. The number of halogens is 2. The van der Waals surface area contributed by atoms with Crippen LogP contribution in [0.3, 0.4) is 0 Å². The molecule has 0 saturated carbocycles. The van der Waals surface area contributed by atoms with Gasteiger partial charge in [0.15, 0.2) is 0 Å². The van der Waals surface area contributed by atoms with Crippen LogP contribution in [0.25, 0.3) is 11.1 Å². The molecule has 1 nitrogen and oxygen atoms in total. The van der Waals surface area contributed by atoms with Crippen molar-refractivity contribution in [2.75, 3.05) is 5.73 Å². The van der Waals surface area contributed by atoms with E-state index < -0.39 is 11.6 Å². The highest BCUT2D eigenvalue weighted by Gasteiger charge is 2.08. The lowest BCUT2D eigenvalue weighted by Gasteiger charge is -2.07. The van der Waals surface area contributed by atoms with Gasteiger partial charge < -0.3 is 5.73 Å². The monoisotopic (exact) mass is 219 g/mol. The predicted octanol–water partition coefficient (Wildman–Crippen LogP) is 3.52. The first-order valence-electron chi connectivity index (χ1n) is 4.89. The van der Waals surface area contributed by atoms with Crippen molar-refractivity contribution in [3.05, 3.63) is 53.6 Å². The Morgan fingerprint density at radius 2 is 1.81 bits per heavy atom. The maximum absolute atomic E-state index is 13.7. The van der Waals surface area contributed by atoms with Gasteiger partial charge in [0, 0.05) is 11.3 Å². The van der Waals surface area contributed by atoms with E-state index in [1.807, 2.05) is 0 Å². The van der Waals surface area contributed by atoms with Crippen LogP contribution >= 0.6 is 0 Å². The van der Waals surface area contributed by atoms with E-state index in [1.54, 1.807) is 19.1 Å². The van der Waals surface area contributed by atoms with Crippen molar-refractivity contribution in [2.45, 2.75) is 6.92 Å². The summed E-state index contributed by atoms with van der Waals surface area (Å²) in [6.07, 6.45) is 0. The average molecular weight is 219 g/mol. The minimum absolute atomic E-state index is 0.322. The van der Waals surface area contributed by atoms with Gasteiger partial charge in [0.2, 0.25) is 0 Å². The van der Waals surface area contributed by atoms with Crippen molar-refractivity contribution in [1.82, 2.24) is 0 Å². The summed E-state index contributed by atoms with van der Waals surface area (Å²) in [5.41, 5.74) is 7.70. The van der Waals surface area contributed by atoms with Crippen LogP contribution in [-0.2, 0) is 0 Å². The van der Waals surface area contributed by atoms with Crippen molar-refractivity contribution in [2.24, 2.45) is 0 Å². The highest BCUT2D eigenvalue weighted by atomic mass is 19.1. The first kappa shape index (κ1) is 10.6. The van der Waals surface area contributed by atoms with Crippen molar-refractivity contribution in [1.29, 1.82) is 0 Å². The third-order valence-corrected chi connectivity index (χ3v) is 2.49. The van der Waals surface area contributed by atoms with Crippen LogP contribution in [0.4, 0.5) is 14.5 Å². The lowest BCUT2D eigenvalue weighted by molar-refractivity contribution is 0.624. The summed E-state index contributed by atoms with van der Waals surface area (Å²) in [5.74, 6) is -0.784. The zero-order valence-electron chi connectivity index (χ0n) is 8.80. The molecule has 0 unspecified atom stereocenters. The second-order valence-corrected chi connectivity index (χ2v) is 3.70. The molecule has 0 heterocycles. The Bertz CT molecular complexity index is 535. The second kappa shape index (κ2) is 3.93. The van der Waals surface area contributed by atoms with Gasteiger partial charge in [-0.05, 0) is 42.3 Å². The molecule has 0 aliphatic carbocycles. The molecular formula is C13H11F2N. The molecule has 0 amide bonds. The minimum Gasteiger partial charge on any atom is -0.398 e. The summed E-state index contributed by atoms with van der Waals surface area (Å²) in [6, 6.07) is 8.68. The fourth-order valence-electron chi connectivity index (χ4n) is 1.57. The molecule has 16 heavy (non-hydrogen) atoms. The van der Waals surface area contributed by atoms with Crippen LogP contribution in [0.5, 0.6) is 0 Å². The van der Waals surface area contributed by atoms with E-state index in [1.165, 1.54) is 24.3 Å². The Morgan fingerprint density at radius 1 is 1.06 bits per heavy atom. The van der Waals surface area contributed by atoms with Gasteiger partial charge >= 0.3 is 0 Å². The molecular weight excluding hydrogens is 208 g/mol. The van der Waals surface area contributed by atoms with Gasteiger partial charge in [-0.2, -0.15) is 0 Å². The maximum Gasteiger partial charge on any atom is 0.131 e. The van der Waals surface area contributed by atoms with E-state index in [0.29, 0.717) is 22.4 Å². The zero-order chi connectivity index (χ0) is 11.7. The zero-order valence-corrected chi connectivity index (χ0v) is 8.80. The first-order valence-corrected chi connectivity index (χ1v) is 4.89. The average Bonchev–Trinajstić information content (AvgIpc) is 2.23. The minimum atomic E-state index is -0.393. The lowest BCUT2D eigenvalue weighted by atomic mass is 10.0. The normalized spacial score (nSPS) is 10.4. The standard InChI is InChI=1S/C13H11F2N/c1-8-5-12(15)11(7-13(8)16)9-3-2-4-10(14)6-9/h2-7H,16H2,1H3. The van der Waals surface area contributed by atoms with Gasteiger partial charge in [-0.25, -0.2) is 8.78 Å². The molecule has 2 aromatic carbocycles. The number of nitrogens with two attached hydrogens (primary N) is 1. The van der Waals surface area contributed by atoms with Gasteiger partial charge in [0.1, 0.15) is 11.6 Å². The van der Waals surface area contributed by atoms with E-state index in [0.717, 1.165) is 0 Å². The molecule has 0 aromatic heterocycles. The van der Waals surface area contributed by atoms with Gasteiger partial charge in [0.05, 0.1) is 0 Å². The highest BCUT2D eigenvalue weighted by Crippen LogP contribution is 2.27. The summed E-state index contributed by atoms with van der Waals surface area (Å²) in [5, 5.41) is 0. The van der Waals surface area contributed by atoms with E-state index in [4.69, 9.17) is 5.73 Å². The Kier molecular flexibility index (Phi) is 2.60. The molecule has 0 radical (unpaired) electrons. The molecule has 0 saturated heterocycles. The van der Waals surface area contributed by atoms with Crippen molar-refractivity contribution >= 4 is 5.69 Å². The highest BCUT2D eigenvalue weighted by molar-refractivity contribution is 5.69. The molecule has 2 aromatic rings. The molecule has 0 bridgehead atoms. The quantitative estimate of drug-likeness (QED) is 0.729. The summed E-state index contributed by atoms with van der Waals surface area (Å²) in [6.45, 7) is 1.73. The van der Waals surface area contributed by atoms with Crippen LogP contribution in [-0.4, -0.2) is 0 Å². The number of rotatable bonds is 1. The molecule has 0 atom stereocenters. The van der Waals surface area contributed by atoms with Gasteiger partial charge in [0.25, 0.3) is 0 Å². The molecule has 0 aliphatic heterocycles. The number of nitrogen functional groups attached to an aromatic ring is 1. The molecule has 2 N–H and O–H groups in total. The molecule has 0 fully saturated rings. The van der Waals surface area contributed by atoms with Crippen LogP contribution in [0.2, 0.25) is 0 Å². The molecule has 0 aliphatic rings. The maximum atomic E-state index is 13.7. The van der Waals surface area contributed by atoms with Gasteiger partial charge in [-0.15, -0.1) is 0 Å². The Balaban J connectivity index is 2.60. The third kappa shape index (κ3) is 1.89. The van der Waals surface area contributed by atoms with E-state index >= 15 is 0 Å². The SMILES string of the molecule is Cc1cc(F)c(-c2cccc(F)c2)cc1N. The van der Waals surface area contributed by atoms with Crippen LogP contribution in [0, 0.1) is 18.6 Å². The van der Waals surface area contributed by atoms with E-state index in [9.17, 15) is 8.78 Å². The van der Waals surface area contributed by atoms with Crippen LogP contribution < -0.4 is 5.73 Å². The smallest absolute Gasteiger partial charge is 0.131 e. The number of hydrogen-bond acceptors (Lipinski definition) is 1. The predicted molar refractivity (Wildman–Crippen MR) is 60.9 cm³/mol. The number of benzene rings is 2.